The molecule has 2 aliphatic heterocycles. The molecule has 0 saturated carbocycles. The quantitative estimate of drug-likeness (QED) is 0.743. The van der Waals surface area contributed by atoms with E-state index in [2.05, 4.69) is 11.9 Å². The number of hydrogen-bond acceptors (Lipinski definition) is 6. The maximum absolute atomic E-state index is 6.20. The zero-order valence-corrected chi connectivity index (χ0v) is 16.7. The molecule has 1 unspecified atom stereocenters. The van der Waals surface area contributed by atoms with E-state index >= 15 is 0 Å². The van der Waals surface area contributed by atoms with Crippen molar-refractivity contribution in [3.63, 3.8) is 0 Å². The fraction of sp³-hybridized carbons (Fsp3) is 0.684. The summed E-state index contributed by atoms with van der Waals surface area (Å²) in [4.78, 5) is 2.25. The molecule has 0 radical (unpaired) electrons. The van der Waals surface area contributed by atoms with Crippen molar-refractivity contribution in [2.75, 3.05) is 40.5 Å². The van der Waals surface area contributed by atoms with E-state index in [1.54, 1.807) is 7.11 Å². The Morgan fingerprint density at radius 2 is 1.88 bits per heavy atom. The molecule has 1 aromatic carbocycles. The van der Waals surface area contributed by atoms with Gasteiger partial charge < -0.3 is 28.4 Å². The second-order valence-corrected chi connectivity index (χ2v) is 8.06. The molecule has 2 saturated heterocycles. The lowest BCUT2D eigenvalue weighted by Crippen LogP contribution is -2.43. The number of hydrogen-bond donors (Lipinski definition) is 0. The maximum atomic E-state index is 6.20. The molecule has 2 fully saturated rings. The molecule has 0 amide bonds. The normalized spacial score (nSPS) is 25.3. The minimum Gasteiger partial charge on any atom is -0.497 e. The van der Waals surface area contributed by atoms with Crippen molar-refractivity contribution in [2.24, 2.45) is 0 Å². The number of benzene rings is 1. The average Bonchev–Trinajstić information content (AvgIpc) is 2.80. The van der Waals surface area contributed by atoms with Gasteiger partial charge >= 0.3 is 7.12 Å². The number of nitrogens with zero attached hydrogens (tertiary/aromatic N) is 1. The first-order valence-corrected chi connectivity index (χ1v) is 9.18. The van der Waals surface area contributed by atoms with E-state index in [4.69, 9.17) is 23.5 Å². The molecule has 6 nitrogen and oxygen atoms in total. The molecule has 0 aliphatic carbocycles. The van der Waals surface area contributed by atoms with Gasteiger partial charge in [-0.2, -0.15) is 0 Å². The molecule has 0 bridgehead atoms. The van der Waals surface area contributed by atoms with Gasteiger partial charge in [0.1, 0.15) is 24.2 Å². The topological polar surface area (TPSA) is 49.4 Å². The summed E-state index contributed by atoms with van der Waals surface area (Å²) in [5.74, 6) is 1.48. The largest absolute Gasteiger partial charge is 0.498 e. The molecule has 0 N–H and O–H groups in total. The molecule has 3 rings (SSSR count). The SMILES string of the molecule is COc1ccc(OCC2CN(C)CCO2)c(B2OC(C)(C)C(C)(C)O2)c1. The molecule has 26 heavy (non-hydrogen) atoms. The number of ether oxygens (including phenoxy) is 3. The molecular weight excluding hydrogens is 333 g/mol. The second kappa shape index (κ2) is 7.39. The van der Waals surface area contributed by atoms with Gasteiger partial charge in [-0.25, -0.2) is 0 Å². The van der Waals surface area contributed by atoms with Crippen LogP contribution in [0.5, 0.6) is 11.5 Å². The van der Waals surface area contributed by atoms with Gasteiger partial charge in [0.15, 0.2) is 0 Å². The van der Waals surface area contributed by atoms with Gasteiger partial charge in [-0.15, -0.1) is 0 Å². The van der Waals surface area contributed by atoms with Crippen LogP contribution in [-0.2, 0) is 14.0 Å². The van der Waals surface area contributed by atoms with Crippen LogP contribution in [-0.4, -0.2) is 69.8 Å². The Hall–Kier alpha value is -1.28. The lowest BCUT2D eigenvalue weighted by atomic mass is 9.78. The molecule has 2 aliphatic rings. The minimum atomic E-state index is -0.500. The van der Waals surface area contributed by atoms with Crippen LogP contribution >= 0.6 is 0 Å². The first-order valence-electron chi connectivity index (χ1n) is 9.18. The number of rotatable bonds is 5. The van der Waals surface area contributed by atoms with Crippen molar-refractivity contribution in [3.8, 4) is 11.5 Å². The highest BCUT2D eigenvalue weighted by atomic mass is 16.7. The summed E-state index contributed by atoms with van der Waals surface area (Å²) < 4.78 is 29.7. The maximum Gasteiger partial charge on any atom is 0.498 e. The van der Waals surface area contributed by atoms with Gasteiger partial charge in [0.2, 0.25) is 0 Å². The van der Waals surface area contributed by atoms with Crippen LogP contribution < -0.4 is 14.9 Å². The van der Waals surface area contributed by atoms with E-state index in [1.807, 2.05) is 45.9 Å². The molecule has 7 heteroatoms. The summed E-state index contributed by atoms with van der Waals surface area (Å²) >= 11 is 0. The van der Waals surface area contributed by atoms with Gasteiger partial charge in [-0.05, 0) is 52.9 Å². The summed E-state index contributed by atoms with van der Waals surface area (Å²) in [6.45, 7) is 11.2. The molecule has 1 atom stereocenters. The third kappa shape index (κ3) is 4.01. The Bertz CT molecular complexity index is 620. The predicted molar refractivity (Wildman–Crippen MR) is 101 cm³/mol. The highest BCUT2D eigenvalue weighted by Crippen LogP contribution is 2.37. The van der Waals surface area contributed by atoms with Gasteiger partial charge in [-0.3, -0.25) is 0 Å². The van der Waals surface area contributed by atoms with Crippen molar-refractivity contribution < 1.29 is 23.5 Å². The van der Waals surface area contributed by atoms with Crippen molar-refractivity contribution in [2.45, 2.75) is 45.0 Å². The van der Waals surface area contributed by atoms with Gasteiger partial charge in [-0.1, -0.05) is 0 Å². The van der Waals surface area contributed by atoms with E-state index in [0.717, 1.165) is 36.7 Å². The molecule has 0 aromatic heterocycles. The standard InChI is InChI=1S/C19H30BNO5/c1-18(2)19(3,4)26-20(25-18)16-11-14(22-6)7-8-17(16)24-13-15-12-21(5)9-10-23-15/h7-8,11,15H,9-10,12-13H2,1-6H3. The molecule has 2 heterocycles. The van der Waals surface area contributed by atoms with Crippen molar-refractivity contribution in [1.29, 1.82) is 0 Å². The summed E-state index contributed by atoms with van der Waals surface area (Å²) in [6.07, 6.45) is 0.0574. The second-order valence-electron chi connectivity index (χ2n) is 8.06. The number of likely N-dealkylation sites (N-methyl/N-ethyl adjacent to an activating group) is 1. The average molecular weight is 363 g/mol. The molecule has 1 aromatic rings. The summed E-state index contributed by atoms with van der Waals surface area (Å²) in [5.41, 5.74) is 0.0209. The highest BCUT2D eigenvalue weighted by Gasteiger charge is 2.52. The van der Waals surface area contributed by atoms with Crippen LogP contribution in [0.3, 0.4) is 0 Å². The Morgan fingerprint density at radius 1 is 1.19 bits per heavy atom. The van der Waals surface area contributed by atoms with E-state index in [9.17, 15) is 0 Å². The van der Waals surface area contributed by atoms with Gasteiger partial charge in [0, 0.05) is 18.6 Å². The van der Waals surface area contributed by atoms with Crippen molar-refractivity contribution in [1.82, 2.24) is 4.90 Å². The van der Waals surface area contributed by atoms with Crippen molar-refractivity contribution >= 4 is 12.6 Å². The fourth-order valence-electron chi connectivity index (χ4n) is 3.09. The van der Waals surface area contributed by atoms with E-state index in [1.165, 1.54) is 0 Å². The zero-order chi connectivity index (χ0) is 18.9. The van der Waals surface area contributed by atoms with Gasteiger partial charge in [0.05, 0.1) is 24.9 Å². The lowest BCUT2D eigenvalue weighted by Gasteiger charge is -2.32. The van der Waals surface area contributed by atoms with E-state index in [-0.39, 0.29) is 6.10 Å². The van der Waals surface area contributed by atoms with Crippen LogP contribution in [0.25, 0.3) is 0 Å². The van der Waals surface area contributed by atoms with Crippen LogP contribution in [0, 0.1) is 0 Å². The Kier molecular flexibility index (Phi) is 5.54. The smallest absolute Gasteiger partial charge is 0.497 e. The first-order chi connectivity index (χ1) is 12.2. The van der Waals surface area contributed by atoms with Crippen molar-refractivity contribution in [3.05, 3.63) is 18.2 Å². The van der Waals surface area contributed by atoms with E-state index in [0.29, 0.717) is 6.61 Å². The Morgan fingerprint density at radius 3 is 2.50 bits per heavy atom. The molecule has 144 valence electrons. The van der Waals surface area contributed by atoms with Crippen LogP contribution in [0.15, 0.2) is 18.2 Å². The van der Waals surface area contributed by atoms with Crippen LogP contribution in [0.4, 0.5) is 0 Å². The summed E-state index contributed by atoms with van der Waals surface area (Å²) in [7, 11) is 3.24. The molecular formula is C19H30BNO5. The minimum absolute atomic E-state index is 0.0574. The predicted octanol–water partition coefficient (Wildman–Crippen LogP) is 1.70. The Balaban J connectivity index is 1.78. The first kappa shape index (κ1) is 19.5. The van der Waals surface area contributed by atoms with Gasteiger partial charge in [0.25, 0.3) is 0 Å². The number of morpholine rings is 1. The Labute approximate surface area is 156 Å². The third-order valence-corrected chi connectivity index (χ3v) is 5.49. The number of methoxy groups -OCH3 is 1. The summed E-state index contributed by atoms with van der Waals surface area (Å²) in [5, 5.41) is 0. The third-order valence-electron chi connectivity index (χ3n) is 5.49. The lowest BCUT2D eigenvalue weighted by molar-refractivity contribution is -0.0402. The molecule has 0 spiro atoms. The monoisotopic (exact) mass is 363 g/mol. The van der Waals surface area contributed by atoms with Crippen LogP contribution in [0.2, 0.25) is 0 Å². The highest BCUT2D eigenvalue weighted by molar-refractivity contribution is 6.63. The van der Waals surface area contributed by atoms with E-state index < -0.39 is 18.3 Å². The fourth-order valence-corrected chi connectivity index (χ4v) is 3.09. The zero-order valence-electron chi connectivity index (χ0n) is 16.7. The van der Waals surface area contributed by atoms with Crippen LogP contribution in [0.1, 0.15) is 27.7 Å². The summed E-state index contributed by atoms with van der Waals surface area (Å²) in [6, 6.07) is 5.72.